The minimum absolute atomic E-state index is 0. The van der Waals surface area contributed by atoms with Crippen LogP contribution in [0.25, 0.3) is 0 Å². The second-order valence-electron chi connectivity index (χ2n) is 5.91. The van der Waals surface area contributed by atoms with Gasteiger partial charge in [0.15, 0.2) is 5.96 Å². The molecule has 1 aliphatic rings. The number of hydrogen-bond acceptors (Lipinski definition) is 5. The number of carbonyl (C=O) groups excluding carboxylic acids is 1. The van der Waals surface area contributed by atoms with Crippen LogP contribution in [-0.2, 0) is 11.3 Å². The number of rotatable bonds is 5. The molecule has 1 fully saturated rings. The number of guanidine groups is 1. The SMILES string of the molecule is CN=C(NCC(=O)N1CCCCC1)NCc1nnc(C(C)C)s1.I. The van der Waals surface area contributed by atoms with E-state index in [9.17, 15) is 4.79 Å². The zero-order chi connectivity index (χ0) is 16.7. The Morgan fingerprint density at radius 1 is 1.25 bits per heavy atom. The minimum atomic E-state index is 0. The number of amides is 1. The summed E-state index contributed by atoms with van der Waals surface area (Å²) in [4.78, 5) is 18.2. The highest BCUT2D eigenvalue weighted by atomic mass is 127. The van der Waals surface area contributed by atoms with Crippen molar-refractivity contribution in [2.75, 3.05) is 26.7 Å². The predicted octanol–water partition coefficient (Wildman–Crippen LogP) is 1.96. The highest BCUT2D eigenvalue weighted by Gasteiger charge is 2.16. The average Bonchev–Trinajstić information content (AvgIpc) is 3.05. The molecule has 2 N–H and O–H groups in total. The lowest BCUT2D eigenvalue weighted by atomic mass is 10.1. The van der Waals surface area contributed by atoms with Crippen LogP contribution in [0.2, 0.25) is 0 Å². The molecular weight excluding hydrogens is 439 g/mol. The maximum absolute atomic E-state index is 12.1. The Morgan fingerprint density at radius 3 is 2.54 bits per heavy atom. The van der Waals surface area contributed by atoms with Crippen LogP contribution in [0.4, 0.5) is 0 Å². The van der Waals surface area contributed by atoms with Crippen LogP contribution in [0.3, 0.4) is 0 Å². The Hall–Kier alpha value is -0.970. The summed E-state index contributed by atoms with van der Waals surface area (Å²) in [6.07, 6.45) is 3.43. The summed E-state index contributed by atoms with van der Waals surface area (Å²) < 4.78 is 0. The topological polar surface area (TPSA) is 82.5 Å². The zero-order valence-corrected chi connectivity index (χ0v) is 17.7. The molecule has 1 saturated heterocycles. The first-order valence-electron chi connectivity index (χ1n) is 8.14. The van der Waals surface area contributed by atoms with Crippen LogP contribution >= 0.6 is 35.3 Å². The molecule has 0 radical (unpaired) electrons. The van der Waals surface area contributed by atoms with Gasteiger partial charge in [0.25, 0.3) is 0 Å². The monoisotopic (exact) mass is 466 g/mol. The van der Waals surface area contributed by atoms with Crippen molar-refractivity contribution in [3.63, 3.8) is 0 Å². The molecule has 0 atom stereocenters. The molecular formula is C15H27IN6OS. The second kappa shape index (κ2) is 10.8. The first-order chi connectivity index (χ1) is 11.1. The van der Waals surface area contributed by atoms with Crippen molar-refractivity contribution in [2.45, 2.75) is 45.6 Å². The molecule has 0 saturated carbocycles. The van der Waals surface area contributed by atoms with E-state index in [0.29, 0.717) is 18.4 Å². The third kappa shape index (κ3) is 6.50. The third-order valence-electron chi connectivity index (χ3n) is 3.72. The van der Waals surface area contributed by atoms with Gasteiger partial charge in [0.2, 0.25) is 5.91 Å². The van der Waals surface area contributed by atoms with Gasteiger partial charge in [-0.25, -0.2) is 0 Å². The number of aliphatic imine (C=N–C) groups is 1. The Kier molecular flexibility index (Phi) is 9.49. The van der Waals surface area contributed by atoms with Gasteiger partial charge in [0.05, 0.1) is 13.1 Å². The summed E-state index contributed by atoms with van der Waals surface area (Å²) in [6.45, 7) is 6.77. The lowest BCUT2D eigenvalue weighted by Gasteiger charge is -2.27. The molecule has 136 valence electrons. The van der Waals surface area contributed by atoms with Crippen LogP contribution < -0.4 is 10.6 Å². The van der Waals surface area contributed by atoms with Crippen LogP contribution in [0, 0.1) is 0 Å². The molecule has 1 amide bonds. The number of hydrogen-bond donors (Lipinski definition) is 2. The summed E-state index contributed by atoms with van der Waals surface area (Å²) in [5.74, 6) is 1.13. The van der Waals surface area contributed by atoms with Gasteiger partial charge in [-0.1, -0.05) is 25.2 Å². The molecule has 24 heavy (non-hydrogen) atoms. The molecule has 9 heteroatoms. The number of carbonyl (C=O) groups is 1. The standard InChI is InChI=1S/C15H26N6OS.HI/c1-11(2)14-20-19-12(23-14)9-17-15(16-3)18-10-13(22)21-7-5-4-6-8-21;/h11H,4-10H2,1-3H3,(H2,16,17,18);1H. The van der Waals surface area contributed by atoms with Gasteiger partial charge in [0, 0.05) is 26.1 Å². The molecule has 2 heterocycles. The number of halogens is 1. The quantitative estimate of drug-likeness (QED) is 0.394. The van der Waals surface area contributed by atoms with Gasteiger partial charge in [-0.15, -0.1) is 34.2 Å². The summed E-state index contributed by atoms with van der Waals surface area (Å²) in [5.41, 5.74) is 0. The van der Waals surface area contributed by atoms with E-state index in [1.54, 1.807) is 18.4 Å². The molecule has 1 aliphatic heterocycles. The fraction of sp³-hybridized carbons (Fsp3) is 0.733. The Morgan fingerprint density at radius 2 is 1.96 bits per heavy atom. The van der Waals surface area contributed by atoms with E-state index in [-0.39, 0.29) is 36.4 Å². The number of aromatic nitrogens is 2. The van der Waals surface area contributed by atoms with Gasteiger partial charge >= 0.3 is 0 Å². The molecule has 1 aromatic rings. The summed E-state index contributed by atoms with van der Waals surface area (Å²) >= 11 is 1.60. The molecule has 0 bridgehead atoms. The van der Waals surface area contributed by atoms with Crippen molar-refractivity contribution in [1.82, 2.24) is 25.7 Å². The normalized spacial score (nSPS) is 15.2. The van der Waals surface area contributed by atoms with Gasteiger partial charge in [-0.2, -0.15) is 0 Å². The lowest BCUT2D eigenvalue weighted by molar-refractivity contribution is -0.130. The first kappa shape index (κ1) is 21.1. The van der Waals surface area contributed by atoms with E-state index in [1.807, 2.05) is 4.90 Å². The molecule has 1 aromatic heterocycles. The third-order valence-corrected chi connectivity index (χ3v) is 4.95. The molecule has 2 rings (SSSR count). The Labute approximate surface area is 164 Å². The highest BCUT2D eigenvalue weighted by molar-refractivity contribution is 14.0. The summed E-state index contributed by atoms with van der Waals surface area (Å²) in [6, 6.07) is 0. The van der Waals surface area contributed by atoms with E-state index in [2.05, 4.69) is 39.7 Å². The maximum Gasteiger partial charge on any atom is 0.241 e. The van der Waals surface area contributed by atoms with E-state index in [0.717, 1.165) is 35.9 Å². The van der Waals surface area contributed by atoms with E-state index in [4.69, 9.17) is 0 Å². The van der Waals surface area contributed by atoms with Crippen LogP contribution in [0.15, 0.2) is 4.99 Å². The van der Waals surface area contributed by atoms with Crippen molar-refractivity contribution >= 4 is 47.2 Å². The van der Waals surface area contributed by atoms with E-state index >= 15 is 0 Å². The largest absolute Gasteiger partial charge is 0.350 e. The predicted molar refractivity (Wildman–Crippen MR) is 108 cm³/mol. The fourth-order valence-corrected chi connectivity index (χ4v) is 3.15. The second-order valence-corrected chi connectivity index (χ2v) is 7.00. The van der Waals surface area contributed by atoms with Crippen molar-refractivity contribution in [3.8, 4) is 0 Å². The molecule has 0 unspecified atom stereocenters. The smallest absolute Gasteiger partial charge is 0.241 e. The zero-order valence-electron chi connectivity index (χ0n) is 14.5. The van der Waals surface area contributed by atoms with Gasteiger partial charge in [-0.3, -0.25) is 9.79 Å². The Bertz CT molecular complexity index is 542. The van der Waals surface area contributed by atoms with Crippen LogP contribution in [0.5, 0.6) is 0 Å². The average molecular weight is 466 g/mol. The lowest BCUT2D eigenvalue weighted by Crippen LogP contribution is -2.45. The summed E-state index contributed by atoms with van der Waals surface area (Å²) in [7, 11) is 1.69. The van der Waals surface area contributed by atoms with Gasteiger partial charge in [0.1, 0.15) is 10.0 Å². The van der Waals surface area contributed by atoms with Crippen molar-refractivity contribution in [2.24, 2.45) is 4.99 Å². The summed E-state index contributed by atoms with van der Waals surface area (Å²) in [5, 5.41) is 16.5. The number of likely N-dealkylation sites (tertiary alicyclic amines) is 1. The van der Waals surface area contributed by atoms with Crippen molar-refractivity contribution in [3.05, 3.63) is 10.0 Å². The van der Waals surface area contributed by atoms with E-state index < -0.39 is 0 Å². The molecule has 0 aromatic carbocycles. The van der Waals surface area contributed by atoms with Gasteiger partial charge < -0.3 is 15.5 Å². The number of nitrogens with one attached hydrogen (secondary N) is 2. The minimum Gasteiger partial charge on any atom is -0.350 e. The van der Waals surface area contributed by atoms with Gasteiger partial charge in [-0.05, 0) is 19.3 Å². The van der Waals surface area contributed by atoms with Crippen LogP contribution in [0.1, 0.15) is 49.0 Å². The first-order valence-corrected chi connectivity index (χ1v) is 8.96. The fourth-order valence-electron chi connectivity index (χ4n) is 2.37. The van der Waals surface area contributed by atoms with Crippen molar-refractivity contribution < 1.29 is 4.79 Å². The van der Waals surface area contributed by atoms with E-state index in [1.165, 1.54) is 6.42 Å². The number of nitrogens with zero attached hydrogens (tertiary/aromatic N) is 4. The maximum atomic E-state index is 12.1. The Balaban J connectivity index is 0.00000288. The molecule has 0 spiro atoms. The molecule has 0 aliphatic carbocycles. The van der Waals surface area contributed by atoms with Crippen LogP contribution in [-0.4, -0.2) is 53.6 Å². The van der Waals surface area contributed by atoms with Crippen molar-refractivity contribution in [1.29, 1.82) is 0 Å². The number of piperidine rings is 1. The molecule has 7 nitrogen and oxygen atoms in total. The highest BCUT2D eigenvalue weighted by Crippen LogP contribution is 2.18.